The first-order chi connectivity index (χ1) is 10.2. The van der Waals surface area contributed by atoms with Crippen LogP contribution in [0.4, 0.5) is 5.82 Å². The Labute approximate surface area is 126 Å². The van der Waals surface area contributed by atoms with Crippen molar-refractivity contribution in [3.8, 4) is 0 Å². The second-order valence-corrected chi connectivity index (χ2v) is 5.12. The molecule has 0 aliphatic rings. The number of aryl methyl sites for hydroxylation is 2. The van der Waals surface area contributed by atoms with Crippen LogP contribution in [0.15, 0.2) is 36.4 Å². The Morgan fingerprint density at radius 1 is 1.19 bits per heavy atom. The van der Waals surface area contributed by atoms with Crippen LogP contribution < -0.4 is 5.32 Å². The highest BCUT2D eigenvalue weighted by Crippen LogP contribution is 2.23. The highest BCUT2D eigenvalue weighted by molar-refractivity contribution is 5.39. The second kappa shape index (κ2) is 7.74. The van der Waals surface area contributed by atoms with Crippen molar-refractivity contribution in [3.63, 3.8) is 0 Å². The van der Waals surface area contributed by atoms with Crippen LogP contribution in [0.5, 0.6) is 0 Å². The quantitative estimate of drug-likeness (QED) is 0.819. The molecule has 2 N–H and O–H groups in total. The van der Waals surface area contributed by atoms with E-state index in [1.165, 1.54) is 5.56 Å². The molecule has 4 nitrogen and oxygen atoms in total. The van der Waals surface area contributed by atoms with Crippen LogP contribution in [0.1, 0.15) is 42.9 Å². The molecule has 0 aliphatic heterocycles. The van der Waals surface area contributed by atoms with Gasteiger partial charge in [-0.2, -0.15) is 0 Å². The van der Waals surface area contributed by atoms with E-state index in [1.54, 1.807) is 0 Å². The summed E-state index contributed by atoms with van der Waals surface area (Å²) in [7, 11) is 0. The standard InChI is InChI=1S/C17H23N3O/c1-3-15-12-17(19-13(2)18-15)20-16(10-7-11-21)14-8-5-4-6-9-14/h4-6,8-9,12,16,21H,3,7,10-11H2,1-2H3,(H,18,19,20). The lowest BCUT2D eigenvalue weighted by Crippen LogP contribution is -2.13. The van der Waals surface area contributed by atoms with Crippen molar-refractivity contribution < 1.29 is 5.11 Å². The number of hydrogen-bond donors (Lipinski definition) is 2. The van der Waals surface area contributed by atoms with Crippen LogP contribution in [-0.4, -0.2) is 21.7 Å². The predicted molar refractivity (Wildman–Crippen MR) is 85.3 cm³/mol. The smallest absolute Gasteiger partial charge is 0.130 e. The van der Waals surface area contributed by atoms with Gasteiger partial charge in [-0.05, 0) is 31.7 Å². The first-order valence-corrected chi connectivity index (χ1v) is 7.49. The Balaban J connectivity index is 2.20. The average Bonchev–Trinajstić information content (AvgIpc) is 2.51. The molecule has 0 aliphatic carbocycles. The normalized spacial score (nSPS) is 12.1. The molecule has 0 fully saturated rings. The minimum atomic E-state index is 0.150. The minimum absolute atomic E-state index is 0.150. The van der Waals surface area contributed by atoms with E-state index in [2.05, 4.69) is 34.3 Å². The van der Waals surface area contributed by atoms with Crippen molar-refractivity contribution in [2.75, 3.05) is 11.9 Å². The van der Waals surface area contributed by atoms with Crippen molar-refractivity contribution in [3.05, 3.63) is 53.5 Å². The Kier molecular flexibility index (Phi) is 5.69. The molecule has 1 aromatic heterocycles. The fraction of sp³-hybridized carbons (Fsp3) is 0.412. The number of aromatic nitrogens is 2. The summed E-state index contributed by atoms with van der Waals surface area (Å²) in [5, 5.41) is 12.6. The van der Waals surface area contributed by atoms with Crippen LogP contribution in [0.2, 0.25) is 0 Å². The lowest BCUT2D eigenvalue weighted by Gasteiger charge is -2.20. The molecule has 1 unspecified atom stereocenters. The van der Waals surface area contributed by atoms with Gasteiger partial charge < -0.3 is 10.4 Å². The summed E-state index contributed by atoms with van der Waals surface area (Å²) in [5.41, 5.74) is 2.25. The van der Waals surface area contributed by atoms with Gasteiger partial charge in [-0.3, -0.25) is 0 Å². The molecule has 0 amide bonds. The van der Waals surface area contributed by atoms with Crippen molar-refractivity contribution >= 4 is 5.82 Å². The van der Waals surface area contributed by atoms with Crippen LogP contribution >= 0.6 is 0 Å². The molecule has 0 bridgehead atoms. The second-order valence-electron chi connectivity index (χ2n) is 5.12. The van der Waals surface area contributed by atoms with Gasteiger partial charge in [0.15, 0.2) is 0 Å². The molecule has 21 heavy (non-hydrogen) atoms. The van der Waals surface area contributed by atoms with E-state index in [-0.39, 0.29) is 12.6 Å². The zero-order chi connectivity index (χ0) is 15.1. The van der Waals surface area contributed by atoms with E-state index in [1.807, 2.05) is 31.2 Å². The molecule has 2 rings (SSSR count). The van der Waals surface area contributed by atoms with E-state index in [9.17, 15) is 0 Å². The third kappa shape index (κ3) is 4.53. The lowest BCUT2D eigenvalue weighted by atomic mass is 10.0. The number of benzene rings is 1. The Hall–Kier alpha value is -1.94. The van der Waals surface area contributed by atoms with E-state index in [0.717, 1.165) is 36.6 Å². The van der Waals surface area contributed by atoms with Gasteiger partial charge in [0.1, 0.15) is 11.6 Å². The van der Waals surface area contributed by atoms with Gasteiger partial charge in [0.25, 0.3) is 0 Å². The predicted octanol–water partition coefficient (Wildman–Crippen LogP) is 3.27. The first kappa shape index (κ1) is 15.4. The van der Waals surface area contributed by atoms with Crippen LogP contribution in [-0.2, 0) is 6.42 Å². The molecule has 0 spiro atoms. The van der Waals surface area contributed by atoms with Crippen molar-refractivity contribution in [1.29, 1.82) is 0 Å². The summed E-state index contributed by atoms with van der Waals surface area (Å²) < 4.78 is 0. The molecule has 0 saturated heterocycles. The highest BCUT2D eigenvalue weighted by Gasteiger charge is 2.12. The van der Waals surface area contributed by atoms with Crippen LogP contribution in [0.3, 0.4) is 0 Å². The number of aliphatic hydroxyl groups is 1. The molecule has 1 atom stereocenters. The third-order valence-corrected chi connectivity index (χ3v) is 3.43. The number of hydrogen-bond acceptors (Lipinski definition) is 4. The van der Waals surface area contributed by atoms with E-state index in [4.69, 9.17) is 5.11 Å². The summed E-state index contributed by atoms with van der Waals surface area (Å²) in [6.45, 7) is 4.20. The molecule has 0 radical (unpaired) electrons. The Morgan fingerprint density at radius 3 is 2.62 bits per heavy atom. The number of nitrogens with one attached hydrogen (secondary N) is 1. The minimum Gasteiger partial charge on any atom is -0.396 e. The summed E-state index contributed by atoms with van der Waals surface area (Å²) in [6.07, 6.45) is 2.52. The van der Waals surface area contributed by atoms with Crippen molar-refractivity contribution in [2.45, 2.75) is 39.2 Å². The molecule has 4 heteroatoms. The largest absolute Gasteiger partial charge is 0.396 e. The molecular formula is C17H23N3O. The van der Waals surface area contributed by atoms with Crippen molar-refractivity contribution in [1.82, 2.24) is 9.97 Å². The van der Waals surface area contributed by atoms with Gasteiger partial charge in [-0.15, -0.1) is 0 Å². The van der Waals surface area contributed by atoms with E-state index < -0.39 is 0 Å². The topological polar surface area (TPSA) is 58.0 Å². The maximum atomic E-state index is 9.10. The lowest BCUT2D eigenvalue weighted by molar-refractivity contribution is 0.281. The van der Waals surface area contributed by atoms with Gasteiger partial charge in [0.2, 0.25) is 0 Å². The fourth-order valence-corrected chi connectivity index (χ4v) is 2.37. The average molecular weight is 285 g/mol. The zero-order valence-corrected chi connectivity index (χ0v) is 12.7. The van der Waals surface area contributed by atoms with Crippen LogP contribution in [0, 0.1) is 6.92 Å². The Bertz CT molecular complexity index is 557. The summed E-state index contributed by atoms with van der Waals surface area (Å²) in [5.74, 6) is 1.64. The van der Waals surface area contributed by atoms with Gasteiger partial charge in [0, 0.05) is 18.4 Å². The maximum Gasteiger partial charge on any atom is 0.130 e. The Morgan fingerprint density at radius 2 is 1.95 bits per heavy atom. The fourth-order valence-electron chi connectivity index (χ4n) is 2.37. The monoisotopic (exact) mass is 285 g/mol. The molecule has 112 valence electrons. The highest BCUT2D eigenvalue weighted by atomic mass is 16.2. The van der Waals surface area contributed by atoms with Crippen molar-refractivity contribution in [2.24, 2.45) is 0 Å². The number of nitrogens with zero attached hydrogens (tertiary/aromatic N) is 2. The number of aliphatic hydroxyl groups excluding tert-OH is 1. The molecule has 1 aromatic carbocycles. The zero-order valence-electron chi connectivity index (χ0n) is 12.7. The van der Waals surface area contributed by atoms with Gasteiger partial charge in [0.05, 0.1) is 6.04 Å². The maximum absolute atomic E-state index is 9.10. The summed E-state index contributed by atoms with van der Waals surface area (Å²) in [6, 6.07) is 12.4. The number of anilines is 1. The molecule has 0 saturated carbocycles. The SMILES string of the molecule is CCc1cc(NC(CCCO)c2ccccc2)nc(C)n1. The molecular weight excluding hydrogens is 262 g/mol. The van der Waals surface area contributed by atoms with Gasteiger partial charge in [-0.25, -0.2) is 9.97 Å². The van der Waals surface area contributed by atoms with E-state index in [0.29, 0.717) is 0 Å². The molecule has 1 heterocycles. The van der Waals surface area contributed by atoms with Crippen LogP contribution in [0.25, 0.3) is 0 Å². The van der Waals surface area contributed by atoms with E-state index >= 15 is 0 Å². The summed E-state index contributed by atoms with van der Waals surface area (Å²) >= 11 is 0. The molecule has 2 aromatic rings. The number of rotatable bonds is 7. The third-order valence-electron chi connectivity index (χ3n) is 3.43. The van der Waals surface area contributed by atoms with Gasteiger partial charge in [-0.1, -0.05) is 37.3 Å². The first-order valence-electron chi connectivity index (χ1n) is 7.49. The summed E-state index contributed by atoms with van der Waals surface area (Å²) in [4.78, 5) is 8.87. The van der Waals surface area contributed by atoms with Gasteiger partial charge >= 0.3 is 0 Å².